The largest absolute Gasteiger partial charge is 0.381 e. The third kappa shape index (κ3) is 2.88. The molecule has 1 aromatic rings. The van der Waals surface area contributed by atoms with Gasteiger partial charge in [0.1, 0.15) is 5.82 Å². The summed E-state index contributed by atoms with van der Waals surface area (Å²) in [7, 11) is 0. The minimum Gasteiger partial charge on any atom is -0.381 e. The SMILES string of the molecule is O=C([C@H]1CCOC1)N1CCN(c2ccc(Cl)cn2)CC1. The van der Waals surface area contributed by atoms with E-state index >= 15 is 0 Å². The van der Waals surface area contributed by atoms with Gasteiger partial charge in [-0.2, -0.15) is 0 Å². The average molecular weight is 296 g/mol. The molecule has 0 aliphatic carbocycles. The van der Waals surface area contributed by atoms with Gasteiger partial charge in [-0.25, -0.2) is 4.98 Å². The molecule has 0 spiro atoms. The highest BCUT2D eigenvalue weighted by atomic mass is 35.5. The summed E-state index contributed by atoms with van der Waals surface area (Å²) in [6, 6.07) is 3.77. The zero-order valence-electron chi connectivity index (χ0n) is 11.3. The topological polar surface area (TPSA) is 45.7 Å². The predicted molar refractivity (Wildman–Crippen MR) is 77.0 cm³/mol. The fraction of sp³-hybridized carbons (Fsp3) is 0.571. The molecule has 1 amide bonds. The number of halogens is 1. The Morgan fingerprint density at radius 2 is 2.10 bits per heavy atom. The van der Waals surface area contributed by atoms with Crippen LogP contribution in [0.5, 0.6) is 0 Å². The number of piperazine rings is 1. The van der Waals surface area contributed by atoms with Gasteiger partial charge in [-0.3, -0.25) is 4.79 Å². The molecule has 0 unspecified atom stereocenters. The van der Waals surface area contributed by atoms with Crippen molar-refractivity contribution in [1.82, 2.24) is 9.88 Å². The van der Waals surface area contributed by atoms with E-state index in [-0.39, 0.29) is 11.8 Å². The Balaban J connectivity index is 1.56. The molecule has 2 aliphatic heterocycles. The molecule has 3 rings (SSSR count). The second kappa shape index (κ2) is 5.97. The molecule has 1 aromatic heterocycles. The number of amides is 1. The van der Waals surface area contributed by atoms with Crippen molar-refractivity contribution in [1.29, 1.82) is 0 Å². The van der Waals surface area contributed by atoms with E-state index in [1.165, 1.54) is 0 Å². The minimum atomic E-state index is 0.0650. The first kappa shape index (κ1) is 13.6. The van der Waals surface area contributed by atoms with Crippen LogP contribution in [0.2, 0.25) is 5.02 Å². The summed E-state index contributed by atoms with van der Waals surface area (Å²) in [4.78, 5) is 20.7. The maximum absolute atomic E-state index is 12.3. The van der Waals surface area contributed by atoms with Crippen LogP contribution >= 0.6 is 11.6 Å². The van der Waals surface area contributed by atoms with Gasteiger partial charge in [0.15, 0.2) is 0 Å². The molecule has 3 heterocycles. The summed E-state index contributed by atoms with van der Waals surface area (Å²) in [5.41, 5.74) is 0. The number of carbonyl (C=O) groups excluding carboxylic acids is 1. The van der Waals surface area contributed by atoms with Crippen molar-refractivity contribution in [2.45, 2.75) is 6.42 Å². The van der Waals surface area contributed by atoms with Crippen LogP contribution in [-0.4, -0.2) is 55.2 Å². The van der Waals surface area contributed by atoms with Crippen molar-refractivity contribution < 1.29 is 9.53 Å². The molecule has 0 bridgehead atoms. The molecule has 2 aliphatic rings. The van der Waals surface area contributed by atoms with E-state index in [2.05, 4.69) is 9.88 Å². The maximum Gasteiger partial charge on any atom is 0.228 e. The average Bonchev–Trinajstić information content (AvgIpc) is 3.02. The molecule has 2 fully saturated rings. The molecule has 0 radical (unpaired) electrons. The summed E-state index contributed by atoms with van der Waals surface area (Å²) < 4.78 is 5.29. The molecule has 0 saturated carbocycles. The van der Waals surface area contributed by atoms with E-state index < -0.39 is 0 Å². The first-order valence-electron chi connectivity index (χ1n) is 6.97. The normalized spacial score (nSPS) is 23.1. The Morgan fingerprint density at radius 1 is 1.30 bits per heavy atom. The van der Waals surface area contributed by atoms with Gasteiger partial charge in [0, 0.05) is 39.0 Å². The number of rotatable bonds is 2. The van der Waals surface area contributed by atoms with Gasteiger partial charge in [-0.05, 0) is 18.6 Å². The van der Waals surface area contributed by atoms with E-state index in [1.807, 2.05) is 17.0 Å². The lowest BCUT2D eigenvalue weighted by atomic mass is 10.1. The number of hydrogen-bond acceptors (Lipinski definition) is 4. The summed E-state index contributed by atoms with van der Waals surface area (Å²) >= 11 is 5.84. The van der Waals surface area contributed by atoms with Crippen LogP contribution in [0.1, 0.15) is 6.42 Å². The second-order valence-electron chi connectivity index (χ2n) is 5.21. The van der Waals surface area contributed by atoms with Crippen LogP contribution in [0.15, 0.2) is 18.3 Å². The fourth-order valence-electron chi connectivity index (χ4n) is 2.70. The van der Waals surface area contributed by atoms with Crippen molar-refractivity contribution in [2.75, 3.05) is 44.3 Å². The third-order valence-electron chi connectivity index (χ3n) is 3.91. The molecule has 6 heteroatoms. The van der Waals surface area contributed by atoms with Crippen molar-refractivity contribution in [3.8, 4) is 0 Å². The van der Waals surface area contributed by atoms with Gasteiger partial charge in [-0.15, -0.1) is 0 Å². The third-order valence-corrected chi connectivity index (χ3v) is 4.13. The summed E-state index contributed by atoms with van der Waals surface area (Å²) in [5, 5.41) is 0.642. The zero-order valence-corrected chi connectivity index (χ0v) is 12.1. The van der Waals surface area contributed by atoms with Gasteiger partial charge in [0.25, 0.3) is 0 Å². The van der Waals surface area contributed by atoms with E-state index in [1.54, 1.807) is 6.20 Å². The molecular weight excluding hydrogens is 278 g/mol. The maximum atomic E-state index is 12.3. The highest BCUT2D eigenvalue weighted by Gasteiger charge is 2.30. The standard InChI is InChI=1S/C14H18ClN3O2/c15-12-1-2-13(16-9-12)17-4-6-18(7-5-17)14(19)11-3-8-20-10-11/h1-2,9,11H,3-8,10H2/t11-/m0/s1. The number of pyridine rings is 1. The molecule has 5 nitrogen and oxygen atoms in total. The summed E-state index contributed by atoms with van der Waals surface area (Å²) in [6.45, 7) is 4.42. The number of aromatic nitrogens is 1. The van der Waals surface area contributed by atoms with Gasteiger partial charge in [0.05, 0.1) is 17.5 Å². The van der Waals surface area contributed by atoms with E-state index in [0.29, 0.717) is 18.2 Å². The molecule has 2 saturated heterocycles. The number of carbonyl (C=O) groups is 1. The number of nitrogens with zero attached hydrogens (tertiary/aromatic N) is 3. The van der Waals surface area contributed by atoms with Crippen molar-refractivity contribution in [2.24, 2.45) is 5.92 Å². The van der Waals surface area contributed by atoms with E-state index in [4.69, 9.17) is 16.3 Å². The zero-order chi connectivity index (χ0) is 13.9. The molecule has 108 valence electrons. The smallest absolute Gasteiger partial charge is 0.228 e. The lowest BCUT2D eigenvalue weighted by Crippen LogP contribution is -2.50. The van der Waals surface area contributed by atoms with Gasteiger partial charge < -0.3 is 14.5 Å². The molecule has 20 heavy (non-hydrogen) atoms. The Hall–Kier alpha value is -1.33. The first-order valence-corrected chi connectivity index (χ1v) is 7.35. The highest BCUT2D eigenvalue weighted by Crippen LogP contribution is 2.19. The molecule has 0 aromatic carbocycles. The monoisotopic (exact) mass is 295 g/mol. The summed E-state index contributed by atoms with van der Waals surface area (Å²) in [6.07, 6.45) is 2.52. The molecule has 0 N–H and O–H groups in total. The van der Waals surface area contributed by atoms with Crippen LogP contribution in [-0.2, 0) is 9.53 Å². The lowest BCUT2D eigenvalue weighted by molar-refractivity contribution is -0.135. The Morgan fingerprint density at radius 3 is 2.70 bits per heavy atom. The van der Waals surface area contributed by atoms with Crippen molar-refractivity contribution >= 4 is 23.3 Å². The van der Waals surface area contributed by atoms with Crippen LogP contribution in [0.4, 0.5) is 5.82 Å². The lowest BCUT2D eigenvalue weighted by Gasteiger charge is -2.36. The van der Waals surface area contributed by atoms with Crippen LogP contribution in [0.25, 0.3) is 0 Å². The Labute approximate surface area is 123 Å². The minimum absolute atomic E-state index is 0.0650. The fourth-order valence-corrected chi connectivity index (χ4v) is 2.81. The van der Waals surface area contributed by atoms with Crippen molar-refractivity contribution in [3.05, 3.63) is 23.4 Å². The highest BCUT2D eigenvalue weighted by molar-refractivity contribution is 6.30. The van der Waals surface area contributed by atoms with Crippen molar-refractivity contribution in [3.63, 3.8) is 0 Å². The number of ether oxygens (including phenoxy) is 1. The summed E-state index contributed by atoms with van der Waals surface area (Å²) in [5.74, 6) is 1.23. The van der Waals surface area contributed by atoms with Crippen LogP contribution in [0.3, 0.4) is 0 Å². The van der Waals surface area contributed by atoms with Gasteiger partial charge in [0.2, 0.25) is 5.91 Å². The van der Waals surface area contributed by atoms with Crippen LogP contribution < -0.4 is 4.90 Å². The van der Waals surface area contributed by atoms with Crippen LogP contribution in [0, 0.1) is 5.92 Å². The molecular formula is C14H18ClN3O2. The van der Waals surface area contributed by atoms with E-state index in [9.17, 15) is 4.79 Å². The number of hydrogen-bond donors (Lipinski definition) is 0. The van der Waals surface area contributed by atoms with E-state index in [0.717, 1.165) is 38.4 Å². The molecule has 1 atom stereocenters. The first-order chi connectivity index (χ1) is 9.74. The quantitative estimate of drug-likeness (QED) is 0.828. The number of anilines is 1. The second-order valence-corrected chi connectivity index (χ2v) is 5.64. The Kier molecular flexibility index (Phi) is 4.08. The predicted octanol–water partition coefficient (Wildman–Crippen LogP) is 1.42. The van der Waals surface area contributed by atoms with Gasteiger partial charge >= 0.3 is 0 Å². The Bertz CT molecular complexity index is 466. The van der Waals surface area contributed by atoms with Gasteiger partial charge in [-0.1, -0.05) is 11.6 Å².